The fourth-order valence-electron chi connectivity index (χ4n) is 1.45. The Morgan fingerprint density at radius 1 is 1.50 bits per heavy atom. The largest absolute Gasteiger partial charge is 0.388 e. The van der Waals surface area contributed by atoms with Gasteiger partial charge in [0.25, 0.3) is 0 Å². The highest BCUT2D eigenvalue weighted by Crippen LogP contribution is 2.10. The molecule has 1 heterocycles. The summed E-state index contributed by atoms with van der Waals surface area (Å²) in [6.07, 6.45) is 5.63. The minimum Gasteiger partial charge on any atom is -0.388 e. The molecule has 0 amide bonds. The van der Waals surface area contributed by atoms with Crippen LogP contribution in [0.1, 0.15) is 20.3 Å². The maximum atomic E-state index is 7.25. The van der Waals surface area contributed by atoms with Crippen LogP contribution in [0.2, 0.25) is 0 Å². The van der Waals surface area contributed by atoms with Gasteiger partial charge in [0.05, 0.1) is 12.0 Å². The molecule has 0 saturated carbocycles. The highest BCUT2D eigenvalue weighted by atomic mass is 15.2. The number of nitrogens with zero attached hydrogens (tertiary/aromatic N) is 3. The quantitative estimate of drug-likeness (QED) is 0.560. The second-order valence-electron chi connectivity index (χ2n) is 4.18. The molecule has 0 unspecified atom stereocenters. The standard InChI is InChI=1S/C11H19N5/c1-9(2)8-16(6-3-10(12)13)11-7-14-4-5-15-11/h4-5,7,9H,3,6,8H2,1-2H3,(H3,12,13). The second-order valence-corrected chi connectivity index (χ2v) is 4.18. The molecule has 0 aliphatic rings. The molecule has 1 aromatic rings. The fraction of sp³-hybridized carbons (Fsp3) is 0.545. The Hall–Kier alpha value is -1.65. The first-order valence-corrected chi connectivity index (χ1v) is 5.43. The lowest BCUT2D eigenvalue weighted by molar-refractivity contribution is 0.608. The minimum absolute atomic E-state index is 0.206. The van der Waals surface area contributed by atoms with Crippen LogP contribution in [0.3, 0.4) is 0 Å². The van der Waals surface area contributed by atoms with E-state index in [0.29, 0.717) is 18.9 Å². The van der Waals surface area contributed by atoms with Gasteiger partial charge in [-0.15, -0.1) is 0 Å². The Morgan fingerprint density at radius 2 is 2.25 bits per heavy atom. The Labute approximate surface area is 96.2 Å². The number of amidine groups is 1. The molecule has 0 spiro atoms. The van der Waals surface area contributed by atoms with Gasteiger partial charge >= 0.3 is 0 Å². The molecule has 0 aliphatic heterocycles. The van der Waals surface area contributed by atoms with Crippen molar-refractivity contribution >= 4 is 11.7 Å². The van der Waals surface area contributed by atoms with Crippen LogP contribution in [0.5, 0.6) is 0 Å². The summed E-state index contributed by atoms with van der Waals surface area (Å²) in [6.45, 7) is 5.91. The van der Waals surface area contributed by atoms with Gasteiger partial charge in [-0.3, -0.25) is 10.4 Å². The molecule has 0 fully saturated rings. The Balaban J connectivity index is 2.67. The molecule has 16 heavy (non-hydrogen) atoms. The van der Waals surface area contributed by atoms with E-state index in [1.54, 1.807) is 18.6 Å². The molecule has 1 aromatic heterocycles. The number of hydrogen-bond donors (Lipinski definition) is 2. The monoisotopic (exact) mass is 221 g/mol. The molecule has 0 saturated heterocycles. The molecule has 0 aliphatic carbocycles. The summed E-state index contributed by atoms with van der Waals surface area (Å²) >= 11 is 0. The van der Waals surface area contributed by atoms with Crippen LogP contribution in [0.4, 0.5) is 5.82 Å². The van der Waals surface area contributed by atoms with Crippen molar-refractivity contribution in [2.75, 3.05) is 18.0 Å². The second kappa shape index (κ2) is 6.05. The maximum absolute atomic E-state index is 7.25. The minimum atomic E-state index is 0.206. The van der Waals surface area contributed by atoms with E-state index < -0.39 is 0 Å². The normalized spacial score (nSPS) is 10.4. The van der Waals surface area contributed by atoms with Crippen molar-refractivity contribution in [3.63, 3.8) is 0 Å². The third-order valence-corrected chi connectivity index (χ3v) is 2.11. The molecular formula is C11H19N5. The van der Waals surface area contributed by atoms with Crippen LogP contribution < -0.4 is 10.6 Å². The van der Waals surface area contributed by atoms with Crippen molar-refractivity contribution in [2.45, 2.75) is 20.3 Å². The number of nitrogens with one attached hydrogen (secondary N) is 1. The summed E-state index contributed by atoms with van der Waals surface area (Å²) in [5.41, 5.74) is 5.37. The van der Waals surface area contributed by atoms with Crippen molar-refractivity contribution in [3.05, 3.63) is 18.6 Å². The predicted molar refractivity (Wildman–Crippen MR) is 65.6 cm³/mol. The van der Waals surface area contributed by atoms with Crippen molar-refractivity contribution < 1.29 is 0 Å². The smallest absolute Gasteiger partial charge is 0.147 e. The maximum Gasteiger partial charge on any atom is 0.147 e. The number of hydrogen-bond acceptors (Lipinski definition) is 4. The lowest BCUT2D eigenvalue weighted by Gasteiger charge is -2.24. The van der Waals surface area contributed by atoms with Crippen molar-refractivity contribution in [1.82, 2.24) is 9.97 Å². The topological polar surface area (TPSA) is 78.9 Å². The predicted octanol–water partition coefficient (Wildman–Crippen LogP) is 1.27. The highest BCUT2D eigenvalue weighted by molar-refractivity contribution is 5.77. The summed E-state index contributed by atoms with van der Waals surface area (Å²) in [5, 5.41) is 7.25. The highest BCUT2D eigenvalue weighted by Gasteiger charge is 2.09. The summed E-state index contributed by atoms with van der Waals surface area (Å²) in [7, 11) is 0. The molecule has 1 rings (SSSR count). The number of nitrogens with two attached hydrogens (primary N) is 1. The van der Waals surface area contributed by atoms with Gasteiger partial charge in [0, 0.05) is 31.9 Å². The fourth-order valence-corrected chi connectivity index (χ4v) is 1.45. The molecule has 5 nitrogen and oxygen atoms in total. The lowest BCUT2D eigenvalue weighted by atomic mass is 10.2. The van der Waals surface area contributed by atoms with Crippen molar-refractivity contribution in [1.29, 1.82) is 5.41 Å². The zero-order valence-corrected chi connectivity index (χ0v) is 9.85. The summed E-state index contributed by atoms with van der Waals surface area (Å²) in [5.74, 6) is 1.59. The van der Waals surface area contributed by atoms with Gasteiger partial charge in [0.1, 0.15) is 5.82 Å². The van der Waals surface area contributed by atoms with E-state index in [-0.39, 0.29) is 5.84 Å². The zero-order valence-electron chi connectivity index (χ0n) is 9.85. The van der Waals surface area contributed by atoms with Crippen LogP contribution in [0, 0.1) is 11.3 Å². The first kappa shape index (κ1) is 12.4. The molecule has 0 aromatic carbocycles. The van der Waals surface area contributed by atoms with E-state index in [2.05, 4.69) is 28.7 Å². The average molecular weight is 221 g/mol. The van der Waals surface area contributed by atoms with Crippen molar-refractivity contribution in [2.24, 2.45) is 11.7 Å². The van der Waals surface area contributed by atoms with Gasteiger partial charge < -0.3 is 10.6 Å². The van der Waals surface area contributed by atoms with Gasteiger partial charge in [-0.1, -0.05) is 13.8 Å². The lowest BCUT2D eigenvalue weighted by Crippen LogP contribution is -2.31. The molecule has 88 valence electrons. The third-order valence-electron chi connectivity index (χ3n) is 2.11. The zero-order chi connectivity index (χ0) is 12.0. The van der Waals surface area contributed by atoms with Gasteiger partial charge in [-0.2, -0.15) is 0 Å². The van der Waals surface area contributed by atoms with E-state index in [9.17, 15) is 0 Å². The summed E-state index contributed by atoms with van der Waals surface area (Å²) in [4.78, 5) is 10.4. The van der Waals surface area contributed by atoms with E-state index in [4.69, 9.17) is 11.1 Å². The van der Waals surface area contributed by atoms with Crippen LogP contribution in [-0.4, -0.2) is 28.9 Å². The molecule has 5 heteroatoms. The van der Waals surface area contributed by atoms with Crippen LogP contribution in [-0.2, 0) is 0 Å². The summed E-state index contributed by atoms with van der Waals surface area (Å²) in [6, 6.07) is 0. The van der Waals surface area contributed by atoms with Gasteiger partial charge in [0.2, 0.25) is 0 Å². The first-order valence-electron chi connectivity index (χ1n) is 5.43. The molecular weight excluding hydrogens is 202 g/mol. The van der Waals surface area contributed by atoms with Crippen LogP contribution in [0.25, 0.3) is 0 Å². The third kappa shape index (κ3) is 4.25. The average Bonchev–Trinajstić information content (AvgIpc) is 2.25. The molecule has 3 N–H and O–H groups in total. The van der Waals surface area contributed by atoms with Gasteiger partial charge in [0.15, 0.2) is 0 Å². The molecule has 0 atom stereocenters. The Morgan fingerprint density at radius 3 is 2.75 bits per heavy atom. The van der Waals surface area contributed by atoms with E-state index in [1.807, 2.05) is 0 Å². The van der Waals surface area contributed by atoms with Crippen LogP contribution >= 0.6 is 0 Å². The van der Waals surface area contributed by atoms with Gasteiger partial charge in [-0.05, 0) is 5.92 Å². The first-order chi connectivity index (χ1) is 7.59. The van der Waals surface area contributed by atoms with Crippen molar-refractivity contribution in [3.8, 4) is 0 Å². The van der Waals surface area contributed by atoms with Crippen LogP contribution in [0.15, 0.2) is 18.6 Å². The Kier molecular flexibility index (Phi) is 4.69. The van der Waals surface area contributed by atoms with E-state index in [0.717, 1.165) is 12.4 Å². The molecule has 0 radical (unpaired) electrons. The number of rotatable bonds is 6. The number of aromatic nitrogens is 2. The SMILES string of the molecule is CC(C)CN(CCC(=N)N)c1cnccn1. The van der Waals surface area contributed by atoms with Gasteiger partial charge in [-0.25, -0.2) is 4.98 Å². The Bertz CT molecular complexity index is 322. The molecule has 0 bridgehead atoms. The van der Waals surface area contributed by atoms with E-state index in [1.165, 1.54) is 0 Å². The van der Waals surface area contributed by atoms with E-state index >= 15 is 0 Å². The number of anilines is 1. The summed E-state index contributed by atoms with van der Waals surface area (Å²) < 4.78 is 0.